The molecule has 4 nitrogen and oxygen atoms in total. The maximum atomic E-state index is 11.9. The van der Waals surface area contributed by atoms with Crippen molar-refractivity contribution in [1.29, 1.82) is 0 Å². The fraction of sp³-hybridized carbons (Fsp3) is 0.533. The van der Waals surface area contributed by atoms with Crippen molar-refractivity contribution in [2.75, 3.05) is 12.3 Å². The third kappa shape index (κ3) is 5.20. The Morgan fingerprint density at radius 1 is 1.37 bits per heavy atom. The fourth-order valence-corrected chi connectivity index (χ4v) is 1.68. The van der Waals surface area contributed by atoms with Crippen molar-refractivity contribution in [2.45, 2.75) is 46.1 Å². The third-order valence-electron chi connectivity index (χ3n) is 2.70. The first kappa shape index (κ1) is 15.3. The first-order valence-corrected chi connectivity index (χ1v) is 6.87. The van der Waals surface area contributed by atoms with Gasteiger partial charge in [-0.25, -0.2) is 0 Å². The molecule has 0 atom stereocenters. The van der Waals surface area contributed by atoms with E-state index in [0.717, 1.165) is 19.3 Å². The second-order valence-electron chi connectivity index (χ2n) is 4.94. The summed E-state index contributed by atoms with van der Waals surface area (Å²) in [6.07, 6.45) is 3.28. The molecular formula is C15H24N2O2. The predicted molar refractivity (Wildman–Crippen MR) is 78.5 cm³/mol. The summed E-state index contributed by atoms with van der Waals surface area (Å²) in [6, 6.07) is 5.24. The average molecular weight is 264 g/mol. The number of nitrogen functional groups attached to an aromatic ring is 1. The maximum absolute atomic E-state index is 11.9. The monoisotopic (exact) mass is 264 g/mol. The van der Waals surface area contributed by atoms with Gasteiger partial charge in [0, 0.05) is 11.6 Å². The van der Waals surface area contributed by atoms with E-state index in [1.165, 1.54) is 0 Å². The molecule has 0 saturated heterocycles. The molecule has 106 valence electrons. The molecule has 0 bridgehead atoms. The molecule has 0 heterocycles. The largest absolute Gasteiger partial charge is 0.491 e. The molecule has 0 saturated carbocycles. The van der Waals surface area contributed by atoms with E-state index in [4.69, 9.17) is 10.5 Å². The fourth-order valence-electron chi connectivity index (χ4n) is 1.68. The zero-order valence-electron chi connectivity index (χ0n) is 12.0. The van der Waals surface area contributed by atoms with Crippen LogP contribution in [0.5, 0.6) is 5.75 Å². The van der Waals surface area contributed by atoms with Crippen molar-refractivity contribution < 1.29 is 9.53 Å². The summed E-state index contributed by atoms with van der Waals surface area (Å²) in [5, 5.41) is 2.85. The Labute approximate surface area is 115 Å². The molecule has 0 aromatic heterocycles. The molecule has 0 radical (unpaired) electrons. The van der Waals surface area contributed by atoms with Crippen molar-refractivity contribution in [3.05, 3.63) is 23.8 Å². The van der Waals surface area contributed by atoms with Gasteiger partial charge in [0.15, 0.2) is 0 Å². The van der Waals surface area contributed by atoms with E-state index < -0.39 is 0 Å². The van der Waals surface area contributed by atoms with E-state index >= 15 is 0 Å². The first-order valence-electron chi connectivity index (χ1n) is 6.87. The Bertz CT molecular complexity index is 417. The van der Waals surface area contributed by atoms with Gasteiger partial charge in [-0.05, 0) is 38.5 Å². The van der Waals surface area contributed by atoms with Gasteiger partial charge in [0.2, 0.25) is 0 Å². The highest BCUT2D eigenvalue weighted by Gasteiger charge is 2.10. The van der Waals surface area contributed by atoms with E-state index in [0.29, 0.717) is 23.6 Å². The quantitative estimate of drug-likeness (QED) is 0.588. The van der Waals surface area contributed by atoms with Crippen LogP contribution in [0, 0.1) is 0 Å². The lowest BCUT2D eigenvalue weighted by Gasteiger charge is -2.12. The van der Waals surface area contributed by atoms with E-state index in [1.807, 2.05) is 13.8 Å². The molecule has 1 aromatic carbocycles. The summed E-state index contributed by atoms with van der Waals surface area (Å²) in [4.78, 5) is 11.9. The number of carbonyl (C=O) groups is 1. The van der Waals surface area contributed by atoms with Crippen LogP contribution in [0.15, 0.2) is 18.2 Å². The van der Waals surface area contributed by atoms with E-state index in [9.17, 15) is 4.79 Å². The Balaban J connectivity index is 2.68. The van der Waals surface area contributed by atoms with Crippen LogP contribution in [0.25, 0.3) is 0 Å². The first-order chi connectivity index (χ1) is 9.04. The Morgan fingerprint density at radius 3 is 2.74 bits per heavy atom. The van der Waals surface area contributed by atoms with Crippen molar-refractivity contribution in [1.82, 2.24) is 5.32 Å². The summed E-state index contributed by atoms with van der Waals surface area (Å²) in [5.41, 5.74) is 6.99. The second kappa shape index (κ2) is 7.67. The number of hydrogen-bond donors (Lipinski definition) is 2. The van der Waals surface area contributed by atoms with Crippen LogP contribution in [-0.4, -0.2) is 18.6 Å². The molecule has 0 aliphatic carbocycles. The van der Waals surface area contributed by atoms with Crippen molar-refractivity contribution in [3.8, 4) is 5.75 Å². The zero-order chi connectivity index (χ0) is 14.3. The molecule has 1 rings (SSSR count). The van der Waals surface area contributed by atoms with E-state index in [-0.39, 0.29) is 11.9 Å². The number of rotatable bonds is 7. The molecule has 0 aliphatic rings. The number of carbonyl (C=O) groups excluding carboxylic acids is 1. The summed E-state index contributed by atoms with van der Waals surface area (Å²) in [5.74, 6) is 0.487. The normalized spacial score (nSPS) is 10.5. The topological polar surface area (TPSA) is 64.3 Å². The number of unbranched alkanes of at least 4 members (excludes halogenated alkanes) is 2. The molecule has 4 heteroatoms. The van der Waals surface area contributed by atoms with E-state index in [1.54, 1.807) is 18.2 Å². The number of nitrogens with two attached hydrogens (primary N) is 1. The van der Waals surface area contributed by atoms with Crippen LogP contribution in [0.1, 0.15) is 50.4 Å². The molecule has 0 unspecified atom stereocenters. The predicted octanol–water partition coefficient (Wildman–Crippen LogP) is 2.98. The van der Waals surface area contributed by atoms with E-state index in [2.05, 4.69) is 12.2 Å². The minimum atomic E-state index is -0.103. The smallest absolute Gasteiger partial charge is 0.251 e. The summed E-state index contributed by atoms with van der Waals surface area (Å²) in [7, 11) is 0. The lowest BCUT2D eigenvalue weighted by molar-refractivity contribution is 0.0942. The highest BCUT2D eigenvalue weighted by atomic mass is 16.5. The average Bonchev–Trinajstić information content (AvgIpc) is 2.35. The summed E-state index contributed by atoms with van der Waals surface area (Å²) < 4.78 is 5.63. The van der Waals surface area contributed by atoms with Crippen molar-refractivity contribution >= 4 is 11.6 Å². The van der Waals surface area contributed by atoms with Gasteiger partial charge in [-0.3, -0.25) is 4.79 Å². The Morgan fingerprint density at radius 2 is 2.11 bits per heavy atom. The molecule has 1 aromatic rings. The van der Waals surface area contributed by atoms with Crippen LogP contribution in [-0.2, 0) is 0 Å². The molecule has 19 heavy (non-hydrogen) atoms. The molecular weight excluding hydrogens is 240 g/mol. The van der Waals surface area contributed by atoms with Crippen molar-refractivity contribution in [3.63, 3.8) is 0 Å². The zero-order valence-corrected chi connectivity index (χ0v) is 12.0. The second-order valence-corrected chi connectivity index (χ2v) is 4.94. The SMILES string of the molecule is CCCCCOc1cc(C(=O)NC(C)C)ccc1N. The molecule has 0 spiro atoms. The highest BCUT2D eigenvalue weighted by molar-refractivity contribution is 5.95. The standard InChI is InChI=1S/C15H24N2O2/c1-4-5-6-9-19-14-10-12(7-8-13(14)16)15(18)17-11(2)3/h7-8,10-11H,4-6,9,16H2,1-3H3,(H,17,18). The van der Waals surface area contributed by atoms with Gasteiger partial charge in [0.25, 0.3) is 5.91 Å². The summed E-state index contributed by atoms with van der Waals surface area (Å²) >= 11 is 0. The van der Waals surface area contributed by atoms with Gasteiger partial charge in [-0.15, -0.1) is 0 Å². The minimum absolute atomic E-state index is 0.103. The van der Waals surface area contributed by atoms with Gasteiger partial charge < -0.3 is 15.8 Å². The number of amides is 1. The lowest BCUT2D eigenvalue weighted by Crippen LogP contribution is -2.30. The number of anilines is 1. The third-order valence-corrected chi connectivity index (χ3v) is 2.70. The Hall–Kier alpha value is -1.71. The van der Waals surface area contributed by atoms with Crippen molar-refractivity contribution in [2.24, 2.45) is 0 Å². The van der Waals surface area contributed by atoms with Crippen LogP contribution < -0.4 is 15.8 Å². The Kier molecular flexibility index (Phi) is 6.19. The number of ether oxygens (including phenoxy) is 1. The van der Waals surface area contributed by atoms with Crippen LogP contribution in [0.3, 0.4) is 0 Å². The maximum Gasteiger partial charge on any atom is 0.251 e. The van der Waals surface area contributed by atoms with Crippen LogP contribution in [0.2, 0.25) is 0 Å². The van der Waals surface area contributed by atoms with Crippen LogP contribution >= 0.6 is 0 Å². The molecule has 0 fully saturated rings. The highest BCUT2D eigenvalue weighted by Crippen LogP contribution is 2.23. The van der Waals surface area contributed by atoms with Crippen LogP contribution in [0.4, 0.5) is 5.69 Å². The molecule has 0 aliphatic heterocycles. The number of hydrogen-bond acceptors (Lipinski definition) is 3. The minimum Gasteiger partial charge on any atom is -0.491 e. The van der Waals surface area contributed by atoms with Gasteiger partial charge in [-0.2, -0.15) is 0 Å². The van der Waals surface area contributed by atoms with Gasteiger partial charge in [0.05, 0.1) is 12.3 Å². The summed E-state index contributed by atoms with van der Waals surface area (Å²) in [6.45, 7) is 6.63. The lowest BCUT2D eigenvalue weighted by atomic mass is 10.1. The number of benzene rings is 1. The van der Waals surface area contributed by atoms with Gasteiger partial charge >= 0.3 is 0 Å². The van der Waals surface area contributed by atoms with Gasteiger partial charge in [0.1, 0.15) is 5.75 Å². The molecule has 3 N–H and O–H groups in total. The molecule has 1 amide bonds. The van der Waals surface area contributed by atoms with Gasteiger partial charge in [-0.1, -0.05) is 19.8 Å². The number of nitrogens with one attached hydrogen (secondary N) is 1.